The Labute approximate surface area is 139 Å². The van der Waals surface area contributed by atoms with E-state index in [-0.39, 0.29) is 5.91 Å². The van der Waals surface area contributed by atoms with Crippen LogP contribution in [0.25, 0.3) is 12.2 Å². The third-order valence-electron chi connectivity index (χ3n) is 3.07. The number of halogens is 2. The fourth-order valence-electron chi connectivity index (χ4n) is 2.00. The lowest BCUT2D eigenvalue weighted by atomic mass is 10.2. The van der Waals surface area contributed by atoms with Crippen LogP contribution in [-0.4, -0.2) is 16.8 Å². The van der Waals surface area contributed by atoms with Crippen molar-refractivity contribution in [3.05, 3.63) is 69.8 Å². The van der Waals surface area contributed by atoms with Crippen molar-refractivity contribution in [1.29, 1.82) is 0 Å². The first kappa shape index (κ1) is 16.4. The molecule has 2 N–H and O–H groups in total. The molecular formula is C17H16Cl2N2O. The minimum atomic E-state index is -0.178. The number of H-pyrrole nitrogens is 1. The zero-order chi connectivity index (χ0) is 15.9. The highest BCUT2D eigenvalue weighted by Crippen LogP contribution is 2.09. The van der Waals surface area contributed by atoms with E-state index >= 15 is 0 Å². The van der Waals surface area contributed by atoms with Gasteiger partial charge in [-0.3, -0.25) is 4.79 Å². The van der Waals surface area contributed by atoms with Gasteiger partial charge in [-0.15, -0.1) is 11.6 Å². The second-order valence-corrected chi connectivity index (χ2v) is 5.37. The Hall–Kier alpha value is -1.97. The molecule has 1 aromatic carbocycles. The molecule has 0 aliphatic carbocycles. The second-order valence-electron chi connectivity index (χ2n) is 4.62. The number of amides is 1. The Balaban J connectivity index is 2.14. The number of nitrogens with one attached hydrogen (secondary N) is 2. The van der Waals surface area contributed by atoms with E-state index in [1.165, 1.54) is 0 Å². The molecule has 0 fully saturated rings. The number of carbonyl (C=O) groups excluding carboxylic acids is 1. The standard InChI is InChI=1S/C17H16Cl2N2O/c1-2-3-15-13(8-9-18)10-16(21-15)17(22)20-11-12-4-6-14(19)7-5-12/h2-8,10,21H,1,9,11H2,(H,20,22)/b13-8-,15-3+. The van der Waals surface area contributed by atoms with Gasteiger partial charge in [-0.05, 0) is 35.1 Å². The van der Waals surface area contributed by atoms with Crippen LogP contribution < -0.4 is 15.9 Å². The smallest absolute Gasteiger partial charge is 0.267 e. The van der Waals surface area contributed by atoms with E-state index in [4.69, 9.17) is 23.2 Å². The summed E-state index contributed by atoms with van der Waals surface area (Å²) in [6.45, 7) is 4.10. The summed E-state index contributed by atoms with van der Waals surface area (Å²) in [4.78, 5) is 15.3. The highest BCUT2D eigenvalue weighted by Gasteiger charge is 2.07. The molecule has 114 valence electrons. The molecule has 2 rings (SSSR count). The lowest BCUT2D eigenvalue weighted by Gasteiger charge is -2.03. The maximum Gasteiger partial charge on any atom is 0.267 e. The van der Waals surface area contributed by atoms with E-state index in [1.54, 1.807) is 30.4 Å². The first-order chi connectivity index (χ1) is 10.6. The molecule has 1 aromatic heterocycles. The van der Waals surface area contributed by atoms with Crippen LogP contribution in [0.5, 0.6) is 0 Å². The minimum absolute atomic E-state index is 0.178. The number of benzene rings is 1. The molecule has 1 heterocycles. The molecule has 3 nitrogen and oxygen atoms in total. The summed E-state index contributed by atoms with van der Waals surface area (Å²) < 4.78 is 0. The third-order valence-corrected chi connectivity index (χ3v) is 3.48. The molecule has 0 radical (unpaired) electrons. The fraction of sp³-hybridized carbons (Fsp3) is 0.118. The quantitative estimate of drug-likeness (QED) is 0.811. The summed E-state index contributed by atoms with van der Waals surface area (Å²) in [5, 5.41) is 5.22. The number of aromatic nitrogens is 1. The van der Waals surface area contributed by atoms with Crippen molar-refractivity contribution in [2.75, 3.05) is 5.88 Å². The van der Waals surface area contributed by atoms with Crippen LogP contribution in [0, 0.1) is 0 Å². The summed E-state index contributed by atoms with van der Waals surface area (Å²) in [6, 6.07) is 9.11. The average Bonchev–Trinajstić information content (AvgIpc) is 2.90. The van der Waals surface area contributed by atoms with E-state index in [1.807, 2.05) is 18.2 Å². The molecule has 5 heteroatoms. The van der Waals surface area contributed by atoms with Gasteiger partial charge in [0.2, 0.25) is 0 Å². The molecule has 0 bridgehead atoms. The molecule has 1 amide bonds. The Morgan fingerprint density at radius 2 is 2.05 bits per heavy atom. The summed E-state index contributed by atoms with van der Waals surface area (Å²) >= 11 is 11.6. The predicted octanol–water partition coefficient (Wildman–Crippen LogP) is 2.58. The van der Waals surface area contributed by atoms with Gasteiger partial charge in [0.15, 0.2) is 0 Å². The molecule has 0 aliphatic heterocycles. The second kappa shape index (κ2) is 7.87. The minimum Gasteiger partial charge on any atom is -0.351 e. The van der Waals surface area contributed by atoms with Crippen molar-refractivity contribution in [2.45, 2.75) is 6.54 Å². The zero-order valence-electron chi connectivity index (χ0n) is 11.9. The molecule has 0 spiro atoms. The summed E-state index contributed by atoms with van der Waals surface area (Å²) in [6.07, 6.45) is 5.30. The number of hydrogen-bond acceptors (Lipinski definition) is 1. The number of aromatic amines is 1. The first-order valence-electron chi connectivity index (χ1n) is 6.74. The zero-order valence-corrected chi connectivity index (χ0v) is 13.4. The van der Waals surface area contributed by atoms with Crippen LogP contribution in [0.3, 0.4) is 0 Å². The van der Waals surface area contributed by atoms with Gasteiger partial charge in [0.05, 0.1) is 0 Å². The maximum absolute atomic E-state index is 12.2. The van der Waals surface area contributed by atoms with E-state index < -0.39 is 0 Å². The Morgan fingerprint density at radius 1 is 1.32 bits per heavy atom. The van der Waals surface area contributed by atoms with Crippen LogP contribution in [0.15, 0.2) is 43.0 Å². The topological polar surface area (TPSA) is 44.9 Å². The molecule has 0 saturated heterocycles. The van der Waals surface area contributed by atoms with Gasteiger partial charge in [-0.1, -0.05) is 42.5 Å². The van der Waals surface area contributed by atoms with Gasteiger partial charge in [-0.2, -0.15) is 0 Å². The fourth-order valence-corrected chi connectivity index (χ4v) is 2.29. The molecule has 2 aromatic rings. The van der Waals surface area contributed by atoms with Crippen molar-refractivity contribution in [3.63, 3.8) is 0 Å². The van der Waals surface area contributed by atoms with Gasteiger partial charge in [-0.25, -0.2) is 0 Å². The normalized spacial score (nSPS) is 12.5. The van der Waals surface area contributed by atoms with Gasteiger partial charge >= 0.3 is 0 Å². The summed E-state index contributed by atoms with van der Waals surface area (Å²) in [7, 11) is 0. The van der Waals surface area contributed by atoms with Crippen LogP contribution >= 0.6 is 23.2 Å². The Kier molecular flexibility index (Phi) is 5.87. The number of hydrogen-bond donors (Lipinski definition) is 2. The number of allylic oxidation sites excluding steroid dienone is 1. The number of alkyl halides is 1. The average molecular weight is 335 g/mol. The van der Waals surface area contributed by atoms with Crippen molar-refractivity contribution in [1.82, 2.24) is 10.3 Å². The highest BCUT2D eigenvalue weighted by molar-refractivity contribution is 6.30. The summed E-state index contributed by atoms with van der Waals surface area (Å²) in [5.41, 5.74) is 1.47. The highest BCUT2D eigenvalue weighted by atomic mass is 35.5. The van der Waals surface area contributed by atoms with E-state index in [9.17, 15) is 4.79 Å². The molecule has 0 unspecified atom stereocenters. The lowest BCUT2D eigenvalue weighted by molar-refractivity contribution is 0.0946. The Bertz CT molecular complexity index is 776. The largest absolute Gasteiger partial charge is 0.351 e. The van der Waals surface area contributed by atoms with Crippen molar-refractivity contribution in [3.8, 4) is 0 Å². The third kappa shape index (κ3) is 4.26. The molecule has 0 saturated carbocycles. The molecule has 22 heavy (non-hydrogen) atoms. The summed E-state index contributed by atoms with van der Waals surface area (Å²) in [5.74, 6) is 0.199. The van der Waals surface area contributed by atoms with Crippen LogP contribution in [0.4, 0.5) is 0 Å². The molecule has 0 aliphatic rings. The molecule has 0 atom stereocenters. The van der Waals surface area contributed by atoms with Crippen molar-refractivity contribution in [2.24, 2.45) is 0 Å². The van der Waals surface area contributed by atoms with Gasteiger partial charge in [0, 0.05) is 22.8 Å². The van der Waals surface area contributed by atoms with Crippen LogP contribution in [0.1, 0.15) is 16.1 Å². The van der Waals surface area contributed by atoms with E-state index in [0.717, 1.165) is 16.1 Å². The van der Waals surface area contributed by atoms with Gasteiger partial charge in [0.1, 0.15) is 5.69 Å². The monoisotopic (exact) mass is 334 g/mol. The van der Waals surface area contributed by atoms with Gasteiger partial charge in [0.25, 0.3) is 5.91 Å². The Morgan fingerprint density at radius 3 is 2.68 bits per heavy atom. The van der Waals surface area contributed by atoms with Gasteiger partial charge < -0.3 is 10.3 Å². The maximum atomic E-state index is 12.2. The van der Waals surface area contributed by atoms with Crippen LogP contribution in [0.2, 0.25) is 5.02 Å². The molecular weight excluding hydrogens is 319 g/mol. The van der Waals surface area contributed by atoms with E-state index in [0.29, 0.717) is 23.1 Å². The number of carbonyl (C=O) groups is 1. The predicted molar refractivity (Wildman–Crippen MR) is 92.5 cm³/mol. The number of rotatable bonds is 5. The SMILES string of the molecule is C=C/C=c1/[nH]c(C(=O)NCc2ccc(Cl)cc2)c/c1=C/CCl. The lowest BCUT2D eigenvalue weighted by Crippen LogP contribution is -2.24. The van der Waals surface area contributed by atoms with Crippen LogP contribution in [-0.2, 0) is 6.54 Å². The van der Waals surface area contributed by atoms with Crippen molar-refractivity contribution < 1.29 is 4.79 Å². The first-order valence-corrected chi connectivity index (χ1v) is 7.66. The van der Waals surface area contributed by atoms with Crippen molar-refractivity contribution >= 4 is 41.3 Å². The van der Waals surface area contributed by atoms with E-state index in [2.05, 4.69) is 16.9 Å².